The molecular weight excluding hydrogens is 192 g/mol. The molecule has 0 aliphatic rings. The maximum Gasteiger partial charge on any atom is 0.183 e. The molecule has 0 aliphatic carbocycles. The molecule has 1 rings (SSSR count). The Morgan fingerprint density at radius 1 is 1.27 bits per heavy atom. The summed E-state index contributed by atoms with van der Waals surface area (Å²) in [6, 6.07) is 9.57. The molecule has 1 aromatic rings. The van der Waals surface area contributed by atoms with Crippen LogP contribution in [0.1, 0.15) is 11.9 Å². The van der Waals surface area contributed by atoms with Gasteiger partial charge in [0, 0.05) is 25.3 Å². The predicted octanol–water partition coefficient (Wildman–Crippen LogP) is 0.634. The SMILES string of the molecule is CO[C@@H](OCC(N)CN)c1ccccc1. The number of hydrogen-bond donors (Lipinski definition) is 2. The van der Waals surface area contributed by atoms with Gasteiger partial charge in [-0.25, -0.2) is 0 Å². The molecule has 0 heterocycles. The second-order valence-corrected chi connectivity index (χ2v) is 3.31. The van der Waals surface area contributed by atoms with Crippen LogP contribution in [0.5, 0.6) is 0 Å². The summed E-state index contributed by atoms with van der Waals surface area (Å²) in [5, 5.41) is 0. The molecule has 0 aliphatic heterocycles. The van der Waals surface area contributed by atoms with Gasteiger partial charge in [-0.1, -0.05) is 30.3 Å². The Labute approximate surface area is 90.2 Å². The number of nitrogens with two attached hydrogens (primary N) is 2. The first kappa shape index (κ1) is 12.1. The van der Waals surface area contributed by atoms with E-state index >= 15 is 0 Å². The van der Waals surface area contributed by atoms with Gasteiger partial charge in [0.2, 0.25) is 0 Å². The van der Waals surface area contributed by atoms with Crippen molar-refractivity contribution in [1.29, 1.82) is 0 Å². The Hall–Kier alpha value is -0.940. The maximum absolute atomic E-state index is 5.65. The molecule has 0 saturated carbocycles. The highest BCUT2D eigenvalue weighted by molar-refractivity contribution is 5.15. The molecule has 0 amide bonds. The number of hydrogen-bond acceptors (Lipinski definition) is 4. The predicted molar refractivity (Wildman–Crippen MR) is 59.2 cm³/mol. The summed E-state index contributed by atoms with van der Waals surface area (Å²) in [4.78, 5) is 0. The Morgan fingerprint density at radius 3 is 2.47 bits per heavy atom. The summed E-state index contributed by atoms with van der Waals surface area (Å²) in [5.74, 6) is 0. The first-order valence-electron chi connectivity index (χ1n) is 4.93. The molecule has 0 saturated heterocycles. The van der Waals surface area contributed by atoms with Crippen LogP contribution >= 0.6 is 0 Å². The maximum atomic E-state index is 5.65. The van der Waals surface area contributed by atoms with E-state index in [-0.39, 0.29) is 12.3 Å². The zero-order valence-electron chi connectivity index (χ0n) is 8.93. The summed E-state index contributed by atoms with van der Waals surface area (Å²) < 4.78 is 10.7. The van der Waals surface area contributed by atoms with Gasteiger partial charge in [0.1, 0.15) is 0 Å². The molecule has 84 valence electrons. The summed E-state index contributed by atoms with van der Waals surface area (Å²) in [5.41, 5.74) is 12.0. The van der Waals surface area contributed by atoms with E-state index in [2.05, 4.69) is 0 Å². The third kappa shape index (κ3) is 3.97. The molecular formula is C11H18N2O2. The number of ether oxygens (including phenoxy) is 2. The molecule has 2 atom stereocenters. The number of rotatable bonds is 6. The van der Waals surface area contributed by atoms with Crippen LogP contribution in [0.25, 0.3) is 0 Å². The molecule has 15 heavy (non-hydrogen) atoms. The lowest BCUT2D eigenvalue weighted by molar-refractivity contribution is -0.130. The molecule has 4 N–H and O–H groups in total. The van der Waals surface area contributed by atoms with Crippen molar-refractivity contribution in [2.75, 3.05) is 20.3 Å². The fourth-order valence-electron chi connectivity index (χ4n) is 1.19. The molecule has 4 nitrogen and oxygen atoms in total. The normalized spacial score (nSPS) is 14.9. The third-order valence-corrected chi connectivity index (χ3v) is 2.05. The highest BCUT2D eigenvalue weighted by atomic mass is 16.7. The van der Waals surface area contributed by atoms with Crippen LogP contribution in [0.4, 0.5) is 0 Å². The number of methoxy groups -OCH3 is 1. The van der Waals surface area contributed by atoms with Crippen molar-refractivity contribution in [3.05, 3.63) is 35.9 Å². The van der Waals surface area contributed by atoms with Crippen molar-refractivity contribution in [1.82, 2.24) is 0 Å². The molecule has 0 aromatic heterocycles. The van der Waals surface area contributed by atoms with E-state index < -0.39 is 0 Å². The summed E-state index contributed by atoms with van der Waals surface area (Å²) in [6.07, 6.45) is -0.371. The van der Waals surface area contributed by atoms with Gasteiger partial charge in [0.25, 0.3) is 0 Å². The molecule has 4 heteroatoms. The average Bonchev–Trinajstić information content (AvgIpc) is 2.31. The Balaban J connectivity index is 2.50. The summed E-state index contributed by atoms with van der Waals surface area (Å²) >= 11 is 0. The monoisotopic (exact) mass is 210 g/mol. The zero-order chi connectivity index (χ0) is 11.1. The zero-order valence-corrected chi connectivity index (χ0v) is 8.93. The smallest absolute Gasteiger partial charge is 0.183 e. The lowest BCUT2D eigenvalue weighted by atomic mass is 10.2. The van der Waals surface area contributed by atoms with Gasteiger partial charge < -0.3 is 20.9 Å². The van der Waals surface area contributed by atoms with Crippen molar-refractivity contribution in [2.45, 2.75) is 12.3 Å². The van der Waals surface area contributed by atoms with E-state index in [1.165, 1.54) is 0 Å². The van der Waals surface area contributed by atoms with E-state index in [0.717, 1.165) is 5.56 Å². The van der Waals surface area contributed by atoms with Crippen LogP contribution < -0.4 is 11.5 Å². The van der Waals surface area contributed by atoms with E-state index in [4.69, 9.17) is 20.9 Å². The topological polar surface area (TPSA) is 70.5 Å². The molecule has 0 bridgehead atoms. The molecule has 1 unspecified atom stereocenters. The van der Waals surface area contributed by atoms with Crippen LogP contribution in [0.2, 0.25) is 0 Å². The van der Waals surface area contributed by atoms with Gasteiger partial charge in [-0.2, -0.15) is 0 Å². The third-order valence-electron chi connectivity index (χ3n) is 2.05. The van der Waals surface area contributed by atoms with Crippen LogP contribution in [0, 0.1) is 0 Å². The Morgan fingerprint density at radius 2 is 1.93 bits per heavy atom. The van der Waals surface area contributed by atoms with E-state index in [9.17, 15) is 0 Å². The summed E-state index contributed by atoms with van der Waals surface area (Å²) in [7, 11) is 1.60. The standard InChI is InChI=1S/C11H18N2O2/c1-14-11(15-8-10(13)7-12)9-5-3-2-4-6-9/h2-6,10-11H,7-8,12-13H2,1H3/t10?,11-/m0/s1. The van der Waals surface area contributed by atoms with Gasteiger partial charge in [0.15, 0.2) is 6.29 Å². The lowest BCUT2D eigenvalue weighted by Gasteiger charge is -2.18. The molecule has 0 spiro atoms. The van der Waals surface area contributed by atoms with Gasteiger partial charge in [0.05, 0.1) is 6.61 Å². The van der Waals surface area contributed by atoms with Crippen LogP contribution in [0.15, 0.2) is 30.3 Å². The molecule has 1 aromatic carbocycles. The first-order chi connectivity index (χ1) is 7.27. The van der Waals surface area contributed by atoms with E-state index in [1.807, 2.05) is 30.3 Å². The van der Waals surface area contributed by atoms with Crippen molar-refractivity contribution in [3.63, 3.8) is 0 Å². The van der Waals surface area contributed by atoms with Crippen LogP contribution in [-0.4, -0.2) is 26.3 Å². The fraction of sp³-hybridized carbons (Fsp3) is 0.455. The fourth-order valence-corrected chi connectivity index (χ4v) is 1.19. The largest absolute Gasteiger partial charge is 0.352 e. The summed E-state index contributed by atoms with van der Waals surface area (Å²) in [6.45, 7) is 0.801. The Bertz CT molecular complexity index is 267. The van der Waals surface area contributed by atoms with Crippen molar-refractivity contribution in [3.8, 4) is 0 Å². The average molecular weight is 210 g/mol. The lowest BCUT2D eigenvalue weighted by Crippen LogP contribution is -2.35. The number of benzene rings is 1. The van der Waals surface area contributed by atoms with Gasteiger partial charge in [-0.15, -0.1) is 0 Å². The quantitative estimate of drug-likeness (QED) is 0.676. The van der Waals surface area contributed by atoms with Gasteiger partial charge in [-0.05, 0) is 0 Å². The van der Waals surface area contributed by atoms with E-state index in [0.29, 0.717) is 13.2 Å². The van der Waals surface area contributed by atoms with Crippen molar-refractivity contribution < 1.29 is 9.47 Å². The molecule has 0 fully saturated rings. The van der Waals surface area contributed by atoms with Gasteiger partial charge in [-0.3, -0.25) is 0 Å². The van der Waals surface area contributed by atoms with Gasteiger partial charge >= 0.3 is 0 Å². The minimum absolute atomic E-state index is 0.147. The first-order valence-corrected chi connectivity index (χ1v) is 4.93. The van der Waals surface area contributed by atoms with E-state index in [1.54, 1.807) is 7.11 Å². The van der Waals surface area contributed by atoms with Crippen LogP contribution in [-0.2, 0) is 9.47 Å². The molecule has 0 radical (unpaired) electrons. The second kappa shape index (κ2) is 6.53. The highest BCUT2D eigenvalue weighted by Crippen LogP contribution is 2.17. The highest BCUT2D eigenvalue weighted by Gasteiger charge is 2.11. The van der Waals surface area contributed by atoms with Crippen molar-refractivity contribution >= 4 is 0 Å². The Kier molecular flexibility index (Phi) is 5.28. The van der Waals surface area contributed by atoms with Crippen molar-refractivity contribution in [2.24, 2.45) is 11.5 Å². The minimum Gasteiger partial charge on any atom is -0.352 e. The van der Waals surface area contributed by atoms with Crippen LogP contribution in [0.3, 0.4) is 0 Å². The minimum atomic E-state index is -0.371. The second-order valence-electron chi connectivity index (χ2n) is 3.31.